The summed E-state index contributed by atoms with van der Waals surface area (Å²) in [5, 5.41) is 2.93. The molecule has 1 unspecified atom stereocenters. The van der Waals surface area contributed by atoms with Crippen molar-refractivity contribution >= 4 is 43.4 Å². The van der Waals surface area contributed by atoms with E-state index in [2.05, 4.69) is 6.07 Å². The fraction of sp³-hybridized carbons (Fsp3) is 0.217. The highest BCUT2D eigenvalue weighted by molar-refractivity contribution is 7.22. The van der Waals surface area contributed by atoms with Gasteiger partial charge in [-0.25, -0.2) is 4.98 Å². The Bertz CT molecular complexity index is 1110. The Morgan fingerprint density at radius 3 is 2.71 bits per heavy atom. The van der Waals surface area contributed by atoms with Crippen molar-refractivity contribution in [3.8, 4) is 0 Å². The topological polar surface area (TPSA) is 42.4 Å². The highest BCUT2D eigenvalue weighted by Crippen LogP contribution is 2.31. The third-order valence-electron chi connectivity index (χ3n) is 5.17. The van der Waals surface area contributed by atoms with Crippen LogP contribution in [0.3, 0.4) is 0 Å². The van der Waals surface area contributed by atoms with E-state index in [9.17, 15) is 4.79 Å². The van der Waals surface area contributed by atoms with E-state index in [1.807, 2.05) is 60.7 Å². The maximum atomic E-state index is 13.5. The maximum absolute atomic E-state index is 13.5. The van der Waals surface area contributed by atoms with Crippen molar-refractivity contribution in [3.63, 3.8) is 0 Å². The van der Waals surface area contributed by atoms with Crippen LogP contribution in [0.1, 0.15) is 23.2 Å². The number of para-hydroxylation sites is 1. The zero-order chi connectivity index (χ0) is 18.9. The molecule has 0 saturated carbocycles. The van der Waals surface area contributed by atoms with Gasteiger partial charge in [0.05, 0.1) is 22.9 Å². The van der Waals surface area contributed by atoms with Crippen molar-refractivity contribution in [1.82, 2.24) is 4.98 Å². The van der Waals surface area contributed by atoms with Crippen molar-refractivity contribution in [2.45, 2.75) is 18.9 Å². The molecule has 5 heteroatoms. The predicted octanol–water partition coefficient (Wildman–Crippen LogP) is 5.28. The van der Waals surface area contributed by atoms with Crippen LogP contribution < -0.4 is 4.90 Å². The molecule has 2 heterocycles. The lowest BCUT2D eigenvalue weighted by Gasteiger charge is -2.23. The first kappa shape index (κ1) is 17.3. The lowest BCUT2D eigenvalue weighted by atomic mass is 10.1. The van der Waals surface area contributed by atoms with E-state index in [0.717, 1.165) is 45.6 Å². The van der Waals surface area contributed by atoms with E-state index in [1.165, 1.54) is 0 Å². The summed E-state index contributed by atoms with van der Waals surface area (Å²) in [6.07, 6.45) is 2.09. The number of carbonyl (C=O) groups is 1. The van der Waals surface area contributed by atoms with Crippen molar-refractivity contribution in [3.05, 3.63) is 72.3 Å². The Morgan fingerprint density at radius 2 is 1.89 bits per heavy atom. The fourth-order valence-corrected chi connectivity index (χ4v) is 4.67. The van der Waals surface area contributed by atoms with Crippen LogP contribution >= 0.6 is 11.3 Å². The Labute approximate surface area is 167 Å². The van der Waals surface area contributed by atoms with Crippen LogP contribution in [0.25, 0.3) is 21.0 Å². The van der Waals surface area contributed by atoms with E-state index in [-0.39, 0.29) is 12.0 Å². The zero-order valence-corrected chi connectivity index (χ0v) is 16.2. The van der Waals surface area contributed by atoms with Gasteiger partial charge in [0.2, 0.25) is 0 Å². The van der Waals surface area contributed by atoms with Crippen molar-refractivity contribution in [2.75, 3.05) is 18.1 Å². The number of hydrogen-bond donors (Lipinski definition) is 0. The van der Waals surface area contributed by atoms with Crippen LogP contribution in [0.15, 0.2) is 66.7 Å². The summed E-state index contributed by atoms with van der Waals surface area (Å²) in [6.45, 7) is 1.30. The summed E-state index contributed by atoms with van der Waals surface area (Å²) in [5.74, 6) is -0.0275. The van der Waals surface area contributed by atoms with Crippen LogP contribution in [0.5, 0.6) is 0 Å². The van der Waals surface area contributed by atoms with Gasteiger partial charge in [-0.05, 0) is 47.9 Å². The number of rotatable bonds is 4. The molecule has 5 rings (SSSR count). The van der Waals surface area contributed by atoms with Gasteiger partial charge in [0.25, 0.3) is 5.91 Å². The average molecular weight is 388 g/mol. The van der Waals surface area contributed by atoms with E-state index in [4.69, 9.17) is 9.72 Å². The van der Waals surface area contributed by atoms with Crippen LogP contribution in [0.4, 0.5) is 5.13 Å². The predicted molar refractivity (Wildman–Crippen MR) is 114 cm³/mol. The van der Waals surface area contributed by atoms with E-state index < -0.39 is 0 Å². The molecule has 0 aliphatic carbocycles. The molecule has 0 N–H and O–H groups in total. The number of benzene rings is 3. The maximum Gasteiger partial charge on any atom is 0.260 e. The fourth-order valence-electron chi connectivity index (χ4n) is 3.69. The Morgan fingerprint density at radius 1 is 1.07 bits per heavy atom. The summed E-state index contributed by atoms with van der Waals surface area (Å²) in [6, 6.07) is 22.0. The summed E-state index contributed by atoms with van der Waals surface area (Å²) in [5.41, 5.74) is 1.60. The third-order valence-corrected chi connectivity index (χ3v) is 6.22. The molecule has 4 nitrogen and oxygen atoms in total. The first-order valence-electron chi connectivity index (χ1n) is 9.56. The third kappa shape index (κ3) is 3.28. The quantitative estimate of drug-likeness (QED) is 0.478. The molecule has 0 radical (unpaired) electrons. The molecular weight excluding hydrogens is 368 g/mol. The van der Waals surface area contributed by atoms with Crippen molar-refractivity contribution < 1.29 is 9.53 Å². The lowest BCUT2D eigenvalue weighted by Crippen LogP contribution is -2.37. The molecule has 1 aliphatic rings. The molecule has 0 spiro atoms. The molecule has 1 aliphatic heterocycles. The van der Waals surface area contributed by atoms with E-state index >= 15 is 0 Å². The van der Waals surface area contributed by atoms with E-state index in [1.54, 1.807) is 16.2 Å². The molecule has 1 fully saturated rings. The first-order valence-corrected chi connectivity index (χ1v) is 10.4. The van der Waals surface area contributed by atoms with Crippen LogP contribution in [0.2, 0.25) is 0 Å². The largest absolute Gasteiger partial charge is 0.376 e. The van der Waals surface area contributed by atoms with Gasteiger partial charge in [-0.3, -0.25) is 9.69 Å². The van der Waals surface area contributed by atoms with Crippen molar-refractivity contribution in [1.29, 1.82) is 0 Å². The van der Waals surface area contributed by atoms with Gasteiger partial charge >= 0.3 is 0 Å². The lowest BCUT2D eigenvalue weighted by molar-refractivity contribution is 0.0917. The van der Waals surface area contributed by atoms with Gasteiger partial charge in [0, 0.05) is 12.2 Å². The number of carbonyl (C=O) groups excluding carboxylic acids is 1. The second-order valence-corrected chi connectivity index (χ2v) is 8.09. The van der Waals surface area contributed by atoms with Crippen LogP contribution in [0, 0.1) is 0 Å². The number of aromatic nitrogens is 1. The summed E-state index contributed by atoms with van der Waals surface area (Å²) < 4.78 is 6.90. The minimum Gasteiger partial charge on any atom is -0.376 e. The number of anilines is 1. The number of fused-ring (bicyclic) bond motifs is 2. The van der Waals surface area contributed by atoms with Gasteiger partial charge in [-0.15, -0.1) is 0 Å². The second kappa shape index (κ2) is 7.34. The smallest absolute Gasteiger partial charge is 0.260 e. The molecule has 1 atom stereocenters. The SMILES string of the molecule is O=C(c1ccc2ccccc2c1)N(CC1CCCO1)c1nc2ccccc2s1. The van der Waals surface area contributed by atoms with Gasteiger partial charge < -0.3 is 4.74 Å². The summed E-state index contributed by atoms with van der Waals surface area (Å²) >= 11 is 1.55. The molecule has 140 valence electrons. The number of nitrogens with zero attached hydrogens (tertiary/aromatic N) is 2. The molecule has 1 aromatic heterocycles. The van der Waals surface area contributed by atoms with Gasteiger partial charge in [-0.2, -0.15) is 0 Å². The summed E-state index contributed by atoms with van der Waals surface area (Å²) in [4.78, 5) is 20.0. The summed E-state index contributed by atoms with van der Waals surface area (Å²) in [7, 11) is 0. The molecular formula is C23H20N2O2S. The molecule has 28 heavy (non-hydrogen) atoms. The minimum atomic E-state index is -0.0275. The van der Waals surface area contributed by atoms with E-state index in [0.29, 0.717) is 12.1 Å². The highest BCUT2D eigenvalue weighted by Gasteiger charge is 2.27. The Balaban J connectivity index is 1.54. The Hall–Kier alpha value is -2.76. The van der Waals surface area contributed by atoms with Crippen LogP contribution in [-0.2, 0) is 4.74 Å². The van der Waals surface area contributed by atoms with Gasteiger partial charge in [0.15, 0.2) is 5.13 Å². The van der Waals surface area contributed by atoms with Gasteiger partial charge in [0.1, 0.15) is 0 Å². The highest BCUT2D eigenvalue weighted by atomic mass is 32.1. The molecule has 0 bridgehead atoms. The monoisotopic (exact) mass is 388 g/mol. The Kier molecular flexibility index (Phi) is 4.55. The van der Waals surface area contributed by atoms with Crippen molar-refractivity contribution in [2.24, 2.45) is 0 Å². The standard InChI is InChI=1S/C23H20N2O2S/c26-22(18-12-11-16-6-1-2-7-17(16)14-18)25(15-19-8-5-13-27-19)23-24-20-9-3-4-10-21(20)28-23/h1-4,6-7,9-12,14,19H,5,8,13,15H2. The second-order valence-electron chi connectivity index (χ2n) is 7.08. The number of hydrogen-bond acceptors (Lipinski definition) is 4. The molecule has 3 aromatic carbocycles. The molecule has 4 aromatic rings. The molecule has 1 amide bonds. The molecule has 1 saturated heterocycles. The van der Waals surface area contributed by atoms with Crippen LogP contribution in [-0.4, -0.2) is 30.1 Å². The average Bonchev–Trinajstić information content (AvgIpc) is 3.40. The number of amides is 1. The zero-order valence-electron chi connectivity index (χ0n) is 15.4. The number of ether oxygens (including phenoxy) is 1. The normalized spacial score (nSPS) is 16.6. The van der Waals surface area contributed by atoms with Gasteiger partial charge in [-0.1, -0.05) is 53.8 Å². The first-order chi connectivity index (χ1) is 13.8. The number of thiazole rings is 1. The minimum absolute atomic E-state index is 0.0275.